The van der Waals surface area contributed by atoms with Gasteiger partial charge in [0.15, 0.2) is 0 Å². The predicted octanol–water partition coefficient (Wildman–Crippen LogP) is 1.89. The van der Waals surface area contributed by atoms with Gasteiger partial charge in [0, 0.05) is 17.0 Å². The summed E-state index contributed by atoms with van der Waals surface area (Å²) in [6.07, 6.45) is 5.09. The predicted molar refractivity (Wildman–Crippen MR) is 77.4 cm³/mol. The number of aromatic amines is 1. The van der Waals surface area contributed by atoms with Crippen molar-refractivity contribution in [1.29, 1.82) is 0 Å². The first-order valence-corrected chi connectivity index (χ1v) is 7.22. The minimum atomic E-state index is 0.172. The molecule has 1 spiro atoms. The van der Waals surface area contributed by atoms with Crippen LogP contribution in [0, 0.1) is 11.3 Å². The van der Waals surface area contributed by atoms with E-state index in [1.165, 1.54) is 0 Å². The summed E-state index contributed by atoms with van der Waals surface area (Å²) < 4.78 is 0. The van der Waals surface area contributed by atoms with Crippen molar-refractivity contribution in [3.05, 3.63) is 24.4 Å². The van der Waals surface area contributed by atoms with E-state index in [2.05, 4.69) is 20.8 Å². The van der Waals surface area contributed by atoms with Gasteiger partial charge in [-0.05, 0) is 56.0 Å². The minimum absolute atomic E-state index is 0.172. The summed E-state index contributed by atoms with van der Waals surface area (Å²) in [5, 5.41) is 14.4. The number of hydrogen-bond acceptors (Lipinski definition) is 3. The maximum atomic E-state index is 12.4. The molecule has 1 aromatic carbocycles. The van der Waals surface area contributed by atoms with E-state index in [1.807, 2.05) is 18.2 Å². The number of anilines is 1. The van der Waals surface area contributed by atoms with Gasteiger partial charge in [0.1, 0.15) is 0 Å². The largest absolute Gasteiger partial charge is 0.326 e. The maximum absolute atomic E-state index is 12.4. The van der Waals surface area contributed by atoms with Crippen LogP contribution in [0.5, 0.6) is 0 Å². The lowest BCUT2D eigenvalue weighted by Crippen LogP contribution is -2.31. The average molecular weight is 270 g/mol. The fourth-order valence-electron chi connectivity index (χ4n) is 3.44. The quantitative estimate of drug-likeness (QED) is 0.780. The molecule has 104 valence electrons. The first kappa shape index (κ1) is 11.9. The number of benzene rings is 1. The van der Waals surface area contributed by atoms with Crippen LogP contribution in [0.15, 0.2) is 24.4 Å². The molecule has 1 aliphatic heterocycles. The number of aromatic nitrogens is 2. The van der Waals surface area contributed by atoms with Gasteiger partial charge >= 0.3 is 0 Å². The fourth-order valence-corrected chi connectivity index (χ4v) is 3.44. The number of nitrogens with one attached hydrogen (secondary N) is 3. The van der Waals surface area contributed by atoms with Gasteiger partial charge in [-0.1, -0.05) is 0 Å². The van der Waals surface area contributed by atoms with Crippen LogP contribution < -0.4 is 10.6 Å². The molecule has 0 radical (unpaired) electrons. The summed E-state index contributed by atoms with van der Waals surface area (Å²) in [6, 6.07) is 5.85. The van der Waals surface area contributed by atoms with Gasteiger partial charge in [-0.3, -0.25) is 9.89 Å². The Bertz CT molecular complexity index is 657. The summed E-state index contributed by atoms with van der Waals surface area (Å²) in [5.41, 5.74) is 2.09. The van der Waals surface area contributed by atoms with Crippen molar-refractivity contribution in [3.8, 4) is 0 Å². The monoisotopic (exact) mass is 270 g/mol. The van der Waals surface area contributed by atoms with Gasteiger partial charge in [0.2, 0.25) is 5.91 Å². The molecule has 4 rings (SSSR count). The molecule has 1 saturated heterocycles. The van der Waals surface area contributed by atoms with Gasteiger partial charge in [0.25, 0.3) is 0 Å². The molecular weight excluding hydrogens is 252 g/mol. The van der Waals surface area contributed by atoms with Crippen LogP contribution in [0.3, 0.4) is 0 Å². The first-order chi connectivity index (χ1) is 9.77. The van der Waals surface area contributed by atoms with Gasteiger partial charge < -0.3 is 10.6 Å². The Morgan fingerprint density at radius 3 is 3.05 bits per heavy atom. The highest BCUT2D eigenvalue weighted by molar-refractivity contribution is 5.96. The Hall–Kier alpha value is -1.88. The van der Waals surface area contributed by atoms with Crippen LogP contribution in [0.1, 0.15) is 19.3 Å². The Balaban J connectivity index is 1.47. The van der Waals surface area contributed by atoms with E-state index in [0.29, 0.717) is 0 Å². The third kappa shape index (κ3) is 1.89. The van der Waals surface area contributed by atoms with Gasteiger partial charge in [-0.25, -0.2) is 0 Å². The van der Waals surface area contributed by atoms with Crippen molar-refractivity contribution in [3.63, 3.8) is 0 Å². The molecule has 1 aromatic heterocycles. The lowest BCUT2D eigenvalue weighted by molar-refractivity contribution is -0.118. The van der Waals surface area contributed by atoms with Crippen LogP contribution in [-0.2, 0) is 4.79 Å². The zero-order chi connectivity index (χ0) is 13.6. The second kappa shape index (κ2) is 4.31. The maximum Gasteiger partial charge on any atom is 0.228 e. The second-order valence-electron chi connectivity index (χ2n) is 6.03. The van der Waals surface area contributed by atoms with Crippen molar-refractivity contribution >= 4 is 22.5 Å². The van der Waals surface area contributed by atoms with Crippen LogP contribution in [-0.4, -0.2) is 29.2 Å². The molecule has 1 unspecified atom stereocenters. The standard InChI is InChI=1S/C15H18N4O/c20-14(12-8-15(12)3-5-16-6-4-15)18-11-2-1-10-9-17-19-13(10)7-11/h1-2,7,9,12,16H,3-6,8H2,(H,17,19)(H,18,20). The highest BCUT2D eigenvalue weighted by Gasteiger charge is 2.57. The molecule has 2 fully saturated rings. The van der Waals surface area contributed by atoms with Crippen molar-refractivity contribution < 1.29 is 4.79 Å². The number of piperidine rings is 1. The highest BCUT2D eigenvalue weighted by Crippen LogP contribution is 2.58. The normalized spacial score (nSPS) is 23.9. The van der Waals surface area contributed by atoms with Crippen molar-refractivity contribution in [1.82, 2.24) is 15.5 Å². The lowest BCUT2D eigenvalue weighted by atomic mass is 9.92. The molecule has 20 heavy (non-hydrogen) atoms. The summed E-state index contributed by atoms with van der Waals surface area (Å²) in [4.78, 5) is 12.4. The molecule has 2 aromatic rings. The summed E-state index contributed by atoms with van der Waals surface area (Å²) in [5.74, 6) is 0.368. The third-order valence-corrected chi connectivity index (χ3v) is 4.82. The molecule has 1 atom stereocenters. The fraction of sp³-hybridized carbons (Fsp3) is 0.467. The Kier molecular flexibility index (Phi) is 2.57. The van der Waals surface area contributed by atoms with Crippen LogP contribution >= 0.6 is 0 Å². The van der Waals surface area contributed by atoms with E-state index in [0.717, 1.165) is 48.9 Å². The molecule has 0 bridgehead atoms. The number of rotatable bonds is 2. The van der Waals surface area contributed by atoms with Gasteiger partial charge in [0.05, 0.1) is 11.7 Å². The Morgan fingerprint density at radius 1 is 1.35 bits per heavy atom. The molecule has 2 aliphatic rings. The van der Waals surface area contributed by atoms with E-state index in [-0.39, 0.29) is 17.2 Å². The SMILES string of the molecule is O=C(Nc1ccc2cn[nH]c2c1)C1CC12CCNCC2. The highest BCUT2D eigenvalue weighted by atomic mass is 16.2. The zero-order valence-corrected chi connectivity index (χ0v) is 11.3. The molecule has 1 saturated carbocycles. The third-order valence-electron chi connectivity index (χ3n) is 4.82. The molecule has 2 heterocycles. The number of hydrogen-bond donors (Lipinski definition) is 3. The topological polar surface area (TPSA) is 69.8 Å². The zero-order valence-electron chi connectivity index (χ0n) is 11.3. The van der Waals surface area contributed by atoms with E-state index >= 15 is 0 Å². The van der Waals surface area contributed by atoms with Gasteiger partial charge in [-0.15, -0.1) is 0 Å². The van der Waals surface area contributed by atoms with Gasteiger partial charge in [-0.2, -0.15) is 5.10 Å². The first-order valence-electron chi connectivity index (χ1n) is 7.22. The summed E-state index contributed by atoms with van der Waals surface area (Å²) in [7, 11) is 0. The van der Waals surface area contributed by atoms with Crippen LogP contribution in [0.4, 0.5) is 5.69 Å². The molecule has 3 N–H and O–H groups in total. The molecule has 1 aliphatic carbocycles. The van der Waals surface area contributed by atoms with E-state index in [1.54, 1.807) is 6.20 Å². The molecule has 5 heteroatoms. The molecule has 5 nitrogen and oxygen atoms in total. The van der Waals surface area contributed by atoms with E-state index < -0.39 is 0 Å². The molecule has 1 amide bonds. The van der Waals surface area contributed by atoms with Crippen LogP contribution in [0.25, 0.3) is 10.9 Å². The number of amides is 1. The van der Waals surface area contributed by atoms with Crippen molar-refractivity contribution in [2.45, 2.75) is 19.3 Å². The Morgan fingerprint density at radius 2 is 2.20 bits per heavy atom. The summed E-state index contributed by atoms with van der Waals surface area (Å²) >= 11 is 0. The lowest BCUT2D eigenvalue weighted by Gasteiger charge is -2.23. The Labute approximate surface area is 117 Å². The number of nitrogens with zero attached hydrogens (tertiary/aromatic N) is 1. The average Bonchev–Trinajstić information content (AvgIpc) is 2.96. The summed E-state index contributed by atoms with van der Waals surface area (Å²) in [6.45, 7) is 2.09. The molecular formula is C15H18N4O. The smallest absolute Gasteiger partial charge is 0.228 e. The van der Waals surface area contributed by atoms with E-state index in [4.69, 9.17) is 0 Å². The van der Waals surface area contributed by atoms with Crippen molar-refractivity contribution in [2.24, 2.45) is 11.3 Å². The van der Waals surface area contributed by atoms with Crippen LogP contribution in [0.2, 0.25) is 0 Å². The number of fused-ring (bicyclic) bond motifs is 1. The van der Waals surface area contributed by atoms with Crippen molar-refractivity contribution in [2.75, 3.05) is 18.4 Å². The number of carbonyl (C=O) groups is 1. The van der Waals surface area contributed by atoms with E-state index in [9.17, 15) is 4.79 Å². The number of H-pyrrole nitrogens is 1. The second-order valence-corrected chi connectivity index (χ2v) is 6.03. The minimum Gasteiger partial charge on any atom is -0.326 e. The number of carbonyl (C=O) groups excluding carboxylic acids is 1.